The van der Waals surface area contributed by atoms with Gasteiger partial charge in [0.25, 0.3) is 0 Å². The van der Waals surface area contributed by atoms with Gasteiger partial charge in [-0.1, -0.05) is 19.9 Å². The molecule has 0 aliphatic carbocycles. The summed E-state index contributed by atoms with van der Waals surface area (Å²) < 4.78 is 0. The average molecular weight is 254 g/mol. The molecule has 1 unspecified atom stereocenters. The third-order valence-electron chi connectivity index (χ3n) is 3.00. The molecule has 1 aromatic rings. The topological polar surface area (TPSA) is 41.1 Å². The Balaban J connectivity index is 2.79. The van der Waals surface area contributed by atoms with Crippen molar-refractivity contribution in [3.8, 4) is 0 Å². The smallest absolute Gasteiger partial charge is 0.240 e. The Morgan fingerprint density at radius 1 is 1.41 bits per heavy atom. The lowest BCUT2D eigenvalue weighted by molar-refractivity contribution is -0.127. The SMILES string of the molecule is CNC(C)(C)C(=O)NC(c1cccs1)C(C)C. The van der Waals surface area contributed by atoms with Crippen LogP contribution >= 0.6 is 11.3 Å². The summed E-state index contributed by atoms with van der Waals surface area (Å²) in [5.41, 5.74) is -0.537. The summed E-state index contributed by atoms with van der Waals surface area (Å²) in [6, 6.07) is 4.18. The first-order valence-electron chi connectivity index (χ1n) is 5.91. The quantitative estimate of drug-likeness (QED) is 0.848. The van der Waals surface area contributed by atoms with E-state index in [0.29, 0.717) is 5.92 Å². The maximum atomic E-state index is 12.1. The summed E-state index contributed by atoms with van der Waals surface area (Å²) in [7, 11) is 1.80. The maximum Gasteiger partial charge on any atom is 0.240 e. The number of amides is 1. The average Bonchev–Trinajstić information content (AvgIpc) is 2.78. The van der Waals surface area contributed by atoms with Crippen LogP contribution in [-0.2, 0) is 4.79 Å². The molecule has 1 amide bonds. The molecule has 1 atom stereocenters. The van der Waals surface area contributed by atoms with Crippen molar-refractivity contribution in [2.24, 2.45) is 5.92 Å². The highest BCUT2D eigenvalue weighted by molar-refractivity contribution is 7.10. The summed E-state index contributed by atoms with van der Waals surface area (Å²) in [6.07, 6.45) is 0. The highest BCUT2D eigenvalue weighted by Gasteiger charge is 2.29. The van der Waals surface area contributed by atoms with Crippen LogP contribution in [-0.4, -0.2) is 18.5 Å². The van der Waals surface area contributed by atoms with Crippen molar-refractivity contribution in [3.63, 3.8) is 0 Å². The van der Waals surface area contributed by atoms with Gasteiger partial charge >= 0.3 is 0 Å². The van der Waals surface area contributed by atoms with Gasteiger partial charge in [0.2, 0.25) is 5.91 Å². The molecule has 0 aliphatic heterocycles. The molecular formula is C13H22N2OS. The molecule has 0 fully saturated rings. The van der Waals surface area contributed by atoms with Gasteiger partial charge in [0.05, 0.1) is 11.6 Å². The van der Waals surface area contributed by atoms with Crippen molar-refractivity contribution >= 4 is 17.2 Å². The molecule has 2 N–H and O–H groups in total. The van der Waals surface area contributed by atoms with Crippen LogP contribution in [0, 0.1) is 5.92 Å². The second-order valence-corrected chi connectivity index (χ2v) is 6.06. The lowest BCUT2D eigenvalue weighted by Crippen LogP contribution is -2.52. The number of carbonyl (C=O) groups excluding carboxylic acids is 1. The third kappa shape index (κ3) is 3.54. The van der Waals surface area contributed by atoms with E-state index in [9.17, 15) is 4.79 Å². The Hall–Kier alpha value is -0.870. The molecular weight excluding hydrogens is 232 g/mol. The van der Waals surface area contributed by atoms with E-state index >= 15 is 0 Å². The minimum absolute atomic E-state index is 0.0344. The molecule has 0 aliphatic rings. The molecule has 0 radical (unpaired) electrons. The zero-order valence-electron chi connectivity index (χ0n) is 11.2. The van der Waals surface area contributed by atoms with Gasteiger partial charge in [0.1, 0.15) is 0 Å². The van der Waals surface area contributed by atoms with Gasteiger partial charge in [-0.15, -0.1) is 11.3 Å². The molecule has 0 spiro atoms. The van der Waals surface area contributed by atoms with Crippen LogP contribution in [0.25, 0.3) is 0 Å². The van der Waals surface area contributed by atoms with Crippen molar-refractivity contribution in [2.75, 3.05) is 7.05 Å². The fourth-order valence-electron chi connectivity index (χ4n) is 1.47. The van der Waals surface area contributed by atoms with Gasteiger partial charge in [0.15, 0.2) is 0 Å². The minimum Gasteiger partial charge on any atom is -0.347 e. The number of hydrogen-bond donors (Lipinski definition) is 2. The van der Waals surface area contributed by atoms with E-state index in [1.165, 1.54) is 4.88 Å². The van der Waals surface area contributed by atoms with Crippen molar-refractivity contribution in [1.29, 1.82) is 0 Å². The van der Waals surface area contributed by atoms with Crippen molar-refractivity contribution in [2.45, 2.75) is 39.3 Å². The lowest BCUT2D eigenvalue weighted by Gasteiger charge is -2.28. The molecule has 17 heavy (non-hydrogen) atoms. The van der Waals surface area contributed by atoms with Crippen molar-refractivity contribution in [3.05, 3.63) is 22.4 Å². The predicted octanol–water partition coefficient (Wildman–Crippen LogP) is 2.56. The first-order valence-corrected chi connectivity index (χ1v) is 6.79. The van der Waals surface area contributed by atoms with Gasteiger partial charge in [0, 0.05) is 4.88 Å². The summed E-state index contributed by atoms with van der Waals surface area (Å²) in [5, 5.41) is 8.18. The standard InChI is InChI=1S/C13H22N2OS/c1-9(2)11(10-7-6-8-17-10)15-12(16)13(3,4)14-5/h6-9,11,14H,1-5H3,(H,15,16). The Labute approximate surface area is 108 Å². The predicted molar refractivity (Wildman–Crippen MR) is 73.2 cm³/mol. The van der Waals surface area contributed by atoms with Crippen LogP contribution in [0.5, 0.6) is 0 Å². The normalized spacial score (nSPS) is 13.8. The number of thiophene rings is 1. The fourth-order valence-corrected chi connectivity index (χ4v) is 2.42. The number of hydrogen-bond acceptors (Lipinski definition) is 3. The largest absolute Gasteiger partial charge is 0.347 e. The molecule has 1 aromatic heterocycles. The number of carbonyl (C=O) groups is 1. The monoisotopic (exact) mass is 254 g/mol. The van der Waals surface area contributed by atoms with Crippen LogP contribution in [0.3, 0.4) is 0 Å². The van der Waals surface area contributed by atoms with E-state index < -0.39 is 5.54 Å². The van der Waals surface area contributed by atoms with E-state index in [2.05, 4.69) is 30.5 Å². The zero-order valence-corrected chi connectivity index (χ0v) is 12.0. The number of rotatable bonds is 5. The van der Waals surface area contributed by atoms with Crippen molar-refractivity contribution < 1.29 is 4.79 Å². The van der Waals surface area contributed by atoms with Crippen LogP contribution in [0.2, 0.25) is 0 Å². The van der Waals surface area contributed by atoms with Gasteiger partial charge in [-0.2, -0.15) is 0 Å². The third-order valence-corrected chi connectivity index (χ3v) is 3.95. The van der Waals surface area contributed by atoms with Crippen LogP contribution in [0.15, 0.2) is 17.5 Å². The molecule has 1 heterocycles. The van der Waals surface area contributed by atoms with Crippen LogP contribution in [0.1, 0.15) is 38.6 Å². The second kappa shape index (κ2) is 5.65. The molecule has 0 aromatic carbocycles. The van der Waals surface area contributed by atoms with E-state index in [1.54, 1.807) is 18.4 Å². The minimum atomic E-state index is -0.537. The van der Waals surface area contributed by atoms with Gasteiger partial charge in [-0.3, -0.25) is 4.79 Å². The van der Waals surface area contributed by atoms with Crippen LogP contribution in [0.4, 0.5) is 0 Å². The Kier molecular flexibility index (Phi) is 4.71. The first-order chi connectivity index (χ1) is 7.88. The fraction of sp³-hybridized carbons (Fsp3) is 0.615. The molecule has 1 rings (SSSR count). The molecule has 0 saturated heterocycles. The number of likely N-dealkylation sites (N-methyl/N-ethyl adjacent to an activating group) is 1. The van der Waals surface area contributed by atoms with Gasteiger partial charge < -0.3 is 10.6 Å². The zero-order chi connectivity index (χ0) is 13.1. The van der Waals surface area contributed by atoms with Crippen LogP contribution < -0.4 is 10.6 Å². The van der Waals surface area contributed by atoms with E-state index in [-0.39, 0.29) is 11.9 Å². The summed E-state index contributed by atoms with van der Waals surface area (Å²) >= 11 is 1.68. The highest BCUT2D eigenvalue weighted by atomic mass is 32.1. The molecule has 0 saturated carbocycles. The Bertz CT molecular complexity index is 358. The molecule has 3 nitrogen and oxygen atoms in total. The summed E-state index contributed by atoms with van der Waals surface area (Å²) in [6.45, 7) is 8.01. The summed E-state index contributed by atoms with van der Waals surface area (Å²) in [4.78, 5) is 13.3. The number of nitrogens with one attached hydrogen (secondary N) is 2. The first kappa shape index (κ1) is 14.2. The Morgan fingerprint density at radius 2 is 2.06 bits per heavy atom. The molecule has 0 bridgehead atoms. The van der Waals surface area contributed by atoms with Crippen molar-refractivity contribution in [1.82, 2.24) is 10.6 Å². The van der Waals surface area contributed by atoms with E-state index in [1.807, 2.05) is 25.3 Å². The van der Waals surface area contributed by atoms with E-state index in [0.717, 1.165) is 0 Å². The molecule has 4 heteroatoms. The lowest BCUT2D eigenvalue weighted by atomic mass is 9.99. The summed E-state index contributed by atoms with van der Waals surface area (Å²) in [5.74, 6) is 0.414. The van der Waals surface area contributed by atoms with Gasteiger partial charge in [-0.25, -0.2) is 0 Å². The highest BCUT2D eigenvalue weighted by Crippen LogP contribution is 2.26. The molecule has 96 valence electrons. The van der Waals surface area contributed by atoms with Gasteiger partial charge in [-0.05, 0) is 38.3 Å². The van der Waals surface area contributed by atoms with E-state index in [4.69, 9.17) is 0 Å². The second-order valence-electron chi connectivity index (χ2n) is 5.09. The Morgan fingerprint density at radius 3 is 2.47 bits per heavy atom. The maximum absolute atomic E-state index is 12.1.